The van der Waals surface area contributed by atoms with Gasteiger partial charge in [-0.05, 0) is 36.0 Å². The van der Waals surface area contributed by atoms with Crippen molar-refractivity contribution in [1.29, 1.82) is 0 Å². The highest BCUT2D eigenvalue weighted by Crippen LogP contribution is 2.32. The number of hydrogen-bond acceptors (Lipinski definition) is 1. The van der Waals surface area contributed by atoms with E-state index in [1.165, 1.54) is 16.7 Å². The van der Waals surface area contributed by atoms with Gasteiger partial charge in [0.15, 0.2) is 0 Å². The smallest absolute Gasteiger partial charge is 0.0346 e. The average molecular weight is 228 g/mol. The molecule has 0 spiro atoms. The van der Waals surface area contributed by atoms with Crippen molar-refractivity contribution >= 4 is 12.4 Å². The summed E-state index contributed by atoms with van der Waals surface area (Å²) in [6.45, 7) is 10.8. The molecule has 0 bridgehead atoms. The summed E-state index contributed by atoms with van der Waals surface area (Å²) in [5, 5.41) is 0. The SMILES string of the molecule is Cc1cccc([C@@H](N)C(C)(C)C)c1C.Cl. The Labute approximate surface area is 99.5 Å². The molecule has 1 atom stereocenters. The predicted molar refractivity (Wildman–Crippen MR) is 69.5 cm³/mol. The van der Waals surface area contributed by atoms with E-state index in [4.69, 9.17) is 5.73 Å². The standard InChI is InChI=1S/C13H21N.ClH/c1-9-7-6-8-11(10(9)2)12(14)13(3,4)5;/h6-8,12H,14H2,1-5H3;1H/t12-;/m1./s1. The fourth-order valence-corrected chi connectivity index (χ4v) is 1.58. The molecule has 86 valence electrons. The first-order valence-corrected chi connectivity index (χ1v) is 5.15. The summed E-state index contributed by atoms with van der Waals surface area (Å²) in [5.41, 5.74) is 10.3. The van der Waals surface area contributed by atoms with E-state index < -0.39 is 0 Å². The van der Waals surface area contributed by atoms with Crippen molar-refractivity contribution in [2.24, 2.45) is 11.1 Å². The molecule has 2 heteroatoms. The highest BCUT2D eigenvalue weighted by atomic mass is 35.5. The van der Waals surface area contributed by atoms with E-state index in [2.05, 4.69) is 52.8 Å². The Morgan fingerprint density at radius 3 is 2.13 bits per heavy atom. The van der Waals surface area contributed by atoms with Gasteiger partial charge in [-0.2, -0.15) is 0 Å². The first kappa shape index (κ1) is 14.5. The molecule has 1 nitrogen and oxygen atoms in total. The first-order valence-electron chi connectivity index (χ1n) is 5.15. The van der Waals surface area contributed by atoms with Crippen molar-refractivity contribution in [3.63, 3.8) is 0 Å². The molecule has 0 saturated carbocycles. The van der Waals surface area contributed by atoms with Gasteiger partial charge in [-0.25, -0.2) is 0 Å². The van der Waals surface area contributed by atoms with Crippen LogP contribution in [0.4, 0.5) is 0 Å². The van der Waals surface area contributed by atoms with E-state index >= 15 is 0 Å². The summed E-state index contributed by atoms with van der Waals surface area (Å²) in [7, 11) is 0. The van der Waals surface area contributed by atoms with Crippen molar-refractivity contribution in [2.75, 3.05) is 0 Å². The molecule has 0 aliphatic carbocycles. The molecule has 0 aromatic heterocycles. The number of rotatable bonds is 1. The van der Waals surface area contributed by atoms with Gasteiger partial charge in [0, 0.05) is 6.04 Å². The van der Waals surface area contributed by atoms with Crippen molar-refractivity contribution in [2.45, 2.75) is 40.7 Å². The molecule has 2 N–H and O–H groups in total. The number of halogens is 1. The van der Waals surface area contributed by atoms with Crippen LogP contribution in [0.1, 0.15) is 43.5 Å². The Hall–Kier alpha value is -0.530. The van der Waals surface area contributed by atoms with Crippen LogP contribution >= 0.6 is 12.4 Å². The Balaban J connectivity index is 0.00000196. The van der Waals surface area contributed by atoms with Crippen LogP contribution in [0.3, 0.4) is 0 Å². The molecule has 15 heavy (non-hydrogen) atoms. The second-order valence-corrected chi connectivity index (χ2v) is 5.13. The van der Waals surface area contributed by atoms with E-state index in [-0.39, 0.29) is 23.9 Å². The number of nitrogens with two attached hydrogens (primary N) is 1. The summed E-state index contributed by atoms with van der Waals surface area (Å²) in [4.78, 5) is 0. The third-order valence-corrected chi connectivity index (χ3v) is 2.91. The first-order chi connectivity index (χ1) is 6.34. The molecule has 1 aromatic carbocycles. The fourth-order valence-electron chi connectivity index (χ4n) is 1.58. The lowest BCUT2D eigenvalue weighted by molar-refractivity contribution is 0.326. The molecule has 0 fully saturated rings. The van der Waals surface area contributed by atoms with Crippen LogP contribution in [0, 0.1) is 19.3 Å². The van der Waals surface area contributed by atoms with Gasteiger partial charge in [-0.1, -0.05) is 39.0 Å². The highest BCUT2D eigenvalue weighted by Gasteiger charge is 2.23. The van der Waals surface area contributed by atoms with E-state index in [1.807, 2.05) is 0 Å². The van der Waals surface area contributed by atoms with Crippen LogP contribution in [0.2, 0.25) is 0 Å². The number of benzene rings is 1. The van der Waals surface area contributed by atoms with E-state index in [0.717, 1.165) is 0 Å². The van der Waals surface area contributed by atoms with Gasteiger partial charge in [-0.15, -0.1) is 12.4 Å². The zero-order valence-corrected chi connectivity index (χ0v) is 11.1. The van der Waals surface area contributed by atoms with Crippen LogP contribution in [-0.2, 0) is 0 Å². The van der Waals surface area contributed by atoms with E-state index in [0.29, 0.717) is 0 Å². The van der Waals surface area contributed by atoms with Gasteiger partial charge in [0.1, 0.15) is 0 Å². The lowest BCUT2D eigenvalue weighted by atomic mass is 9.81. The normalized spacial score (nSPS) is 13.2. The largest absolute Gasteiger partial charge is 0.324 e. The summed E-state index contributed by atoms with van der Waals surface area (Å²) < 4.78 is 0. The molecule has 0 unspecified atom stereocenters. The minimum atomic E-state index is 0. The fraction of sp³-hybridized carbons (Fsp3) is 0.538. The average Bonchev–Trinajstić information content (AvgIpc) is 2.07. The highest BCUT2D eigenvalue weighted by molar-refractivity contribution is 5.85. The van der Waals surface area contributed by atoms with Crippen molar-refractivity contribution < 1.29 is 0 Å². The molecule has 0 aliphatic heterocycles. The maximum absolute atomic E-state index is 6.24. The molecule has 1 rings (SSSR count). The Bertz CT molecular complexity index is 326. The molecule has 0 heterocycles. The second-order valence-electron chi connectivity index (χ2n) is 5.13. The lowest BCUT2D eigenvalue weighted by Gasteiger charge is -2.29. The quantitative estimate of drug-likeness (QED) is 0.777. The summed E-state index contributed by atoms with van der Waals surface area (Å²) in [6, 6.07) is 6.47. The minimum Gasteiger partial charge on any atom is -0.324 e. The van der Waals surface area contributed by atoms with Gasteiger partial charge < -0.3 is 5.73 Å². The van der Waals surface area contributed by atoms with Crippen LogP contribution in [0.15, 0.2) is 18.2 Å². The lowest BCUT2D eigenvalue weighted by Crippen LogP contribution is -2.27. The Kier molecular flexibility index (Phi) is 4.82. The third-order valence-electron chi connectivity index (χ3n) is 2.91. The maximum Gasteiger partial charge on any atom is 0.0346 e. The zero-order chi connectivity index (χ0) is 10.9. The molecular formula is C13H22ClN. The Morgan fingerprint density at radius 1 is 1.13 bits per heavy atom. The van der Waals surface area contributed by atoms with Crippen LogP contribution in [0.5, 0.6) is 0 Å². The second kappa shape index (κ2) is 5.00. The van der Waals surface area contributed by atoms with Gasteiger partial charge in [0.25, 0.3) is 0 Å². The zero-order valence-electron chi connectivity index (χ0n) is 10.3. The third kappa shape index (κ3) is 3.22. The summed E-state index contributed by atoms with van der Waals surface area (Å²) >= 11 is 0. The minimum absolute atomic E-state index is 0. The van der Waals surface area contributed by atoms with E-state index in [1.54, 1.807) is 0 Å². The number of aryl methyl sites for hydroxylation is 1. The molecular weight excluding hydrogens is 206 g/mol. The van der Waals surface area contributed by atoms with Gasteiger partial charge in [0.2, 0.25) is 0 Å². The predicted octanol–water partition coefficient (Wildman–Crippen LogP) is 3.77. The van der Waals surface area contributed by atoms with Crippen molar-refractivity contribution in [3.05, 3.63) is 34.9 Å². The number of hydrogen-bond donors (Lipinski definition) is 1. The molecule has 0 amide bonds. The van der Waals surface area contributed by atoms with Crippen molar-refractivity contribution in [1.82, 2.24) is 0 Å². The van der Waals surface area contributed by atoms with Gasteiger partial charge in [0.05, 0.1) is 0 Å². The molecule has 0 radical (unpaired) electrons. The molecule has 0 aliphatic rings. The molecule has 1 aromatic rings. The molecule has 0 saturated heterocycles. The topological polar surface area (TPSA) is 26.0 Å². The Morgan fingerprint density at radius 2 is 1.67 bits per heavy atom. The van der Waals surface area contributed by atoms with E-state index in [9.17, 15) is 0 Å². The van der Waals surface area contributed by atoms with Gasteiger partial charge in [-0.3, -0.25) is 0 Å². The van der Waals surface area contributed by atoms with Crippen LogP contribution in [0.25, 0.3) is 0 Å². The van der Waals surface area contributed by atoms with Crippen LogP contribution < -0.4 is 5.73 Å². The van der Waals surface area contributed by atoms with Crippen molar-refractivity contribution in [3.8, 4) is 0 Å². The van der Waals surface area contributed by atoms with Gasteiger partial charge >= 0.3 is 0 Å². The maximum atomic E-state index is 6.24. The van der Waals surface area contributed by atoms with Crippen LogP contribution in [-0.4, -0.2) is 0 Å². The summed E-state index contributed by atoms with van der Waals surface area (Å²) in [6.07, 6.45) is 0. The monoisotopic (exact) mass is 227 g/mol. The summed E-state index contributed by atoms with van der Waals surface area (Å²) in [5.74, 6) is 0.